The van der Waals surface area contributed by atoms with Gasteiger partial charge in [-0.15, -0.1) is 0 Å². The maximum atomic E-state index is 12.4. The van der Waals surface area contributed by atoms with Crippen LogP contribution < -0.4 is 10.6 Å². The Labute approximate surface area is 263 Å². The highest BCUT2D eigenvalue weighted by Gasteiger charge is 2.28. The zero-order chi connectivity index (χ0) is 33.3. The van der Waals surface area contributed by atoms with Crippen molar-refractivity contribution in [3.8, 4) is 0 Å². The number of hydrogen-bond acceptors (Lipinski definition) is 4. The second-order valence-corrected chi connectivity index (χ2v) is 12.2. The van der Waals surface area contributed by atoms with E-state index >= 15 is 0 Å². The Morgan fingerprint density at radius 1 is 0.689 bits per heavy atom. The molecule has 2 aromatic heterocycles. The molecular weight excluding hydrogens is 572 g/mol. The summed E-state index contributed by atoms with van der Waals surface area (Å²) in [6.45, 7) is 15.3. The number of hydrogen-bond donors (Lipinski definition) is 6. The Hall–Kier alpha value is -4.60. The van der Waals surface area contributed by atoms with Crippen LogP contribution in [-0.2, 0) is 25.6 Å². The second kappa shape index (κ2) is 13.2. The van der Waals surface area contributed by atoms with Crippen molar-refractivity contribution >= 4 is 35.9 Å². The fourth-order valence-corrected chi connectivity index (χ4v) is 6.90. The summed E-state index contributed by atoms with van der Waals surface area (Å²) in [7, 11) is 0. The van der Waals surface area contributed by atoms with Crippen LogP contribution in [0.25, 0.3) is 12.2 Å². The van der Waals surface area contributed by atoms with Gasteiger partial charge in [0.25, 0.3) is 11.8 Å². The van der Waals surface area contributed by atoms with Gasteiger partial charge in [-0.2, -0.15) is 0 Å². The molecule has 0 saturated carbocycles. The quantitative estimate of drug-likeness (QED) is 0.169. The predicted molar refractivity (Wildman–Crippen MR) is 173 cm³/mol. The highest BCUT2D eigenvalue weighted by molar-refractivity contribution is 6.01. The van der Waals surface area contributed by atoms with Crippen molar-refractivity contribution in [3.05, 3.63) is 78.7 Å². The molecule has 0 saturated heterocycles. The lowest BCUT2D eigenvalue weighted by molar-refractivity contribution is -0.138. The fraction of sp³-hybridized carbons (Fsp3) is 0.429. The van der Waals surface area contributed by atoms with Gasteiger partial charge in [0.05, 0.1) is 12.8 Å². The molecule has 0 aromatic carbocycles. The van der Waals surface area contributed by atoms with E-state index < -0.39 is 11.9 Å². The molecule has 0 radical (unpaired) electrons. The van der Waals surface area contributed by atoms with E-state index in [-0.39, 0.29) is 36.5 Å². The third-order valence-corrected chi connectivity index (χ3v) is 9.16. The number of aliphatic carboxylic acids is 2. The van der Waals surface area contributed by atoms with Gasteiger partial charge < -0.3 is 30.8 Å². The van der Waals surface area contributed by atoms with Crippen LogP contribution in [0, 0.1) is 13.8 Å². The molecule has 0 spiro atoms. The topological polar surface area (TPSA) is 164 Å². The van der Waals surface area contributed by atoms with Crippen LogP contribution in [0.5, 0.6) is 0 Å². The first-order valence-corrected chi connectivity index (χ1v) is 15.5. The van der Waals surface area contributed by atoms with E-state index in [0.29, 0.717) is 30.4 Å². The Kier molecular flexibility index (Phi) is 9.75. The minimum absolute atomic E-state index is 0.0633. The lowest BCUT2D eigenvalue weighted by atomic mass is 9.89. The highest BCUT2D eigenvalue weighted by atomic mass is 16.4. The summed E-state index contributed by atoms with van der Waals surface area (Å²) in [5, 5.41) is 25.2. The van der Waals surface area contributed by atoms with Crippen LogP contribution in [0.1, 0.15) is 124 Å². The molecule has 0 bridgehead atoms. The zero-order valence-corrected chi connectivity index (χ0v) is 27.4. The first-order chi connectivity index (χ1) is 21.2. The second-order valence-electron chi connectivity index (χ2n) is 12.2. The van der Waals surface area contributed by atoms with Gasteiger partial charge in [0.2, 0.25) is 0 Å². The number of nitrogens with one attached hydrogen (secondary N) is 4. The zero-order valence-electron chi connectivity index (χ0n) is 27.4. The standard InChI is InChI=1S/C35H44N4O6/c1-9-22-18(5)34(44)38-26(22)13-24-20(7)32(16(3)11-30(40)41)28(36-24)15-29-33(17(4)12-31(42)43)21(8)25(37-29)14-27-23(10-2)19(6)35(45)39-27/h13-14,16-17,36-37H,9-12,15H2,1-8H3,(H,38,44)(H,39,45)(H,40,41)(H,42,43)/b26-13+,27-14+. The molecule has 0 fully saturated rings. The maximum absolute atomic E-state index is 12.4. The van der Waals surface area contributed by atoms with E-state index in [2.05, 4.69) is 20.6 Å². The lowest BCUT2D eigenvalue weighted by Gasteiger charge is -2.15. The van der Waals surface area contributed by atoms with Gasteiger partial charge in [-0.1, -0.05) is 27.7 Å². The summed E-state index contributed by atoms with van der Waals surface area (Å²) < 4.78 is 0. The summed E-state index contributed by atoms with van der Waals surface area (Å²) in [5.41, 5.74) is 11.4. The SMILES string of the molecule is CCC1=C(C)C(=O)N/C1=C/c1[nH]c(Cc2[nH]c(/C=C3/NC(=O)C(C)=C3CC)c(C)c2C(C)CC(=O)O)c(C(C)CC(=O)O)c1C. The van der Waals surface area contributed by atoms with E-state index in [4.69, 9.17) is 0 Å². The smallest absolute Gasteiger partial charge is 0.303 e. The van der Waals surface area contributed by atoms with E-state index in [1.165, 1.54) is 0 Å². The molecule has 10 nitrogen and oxygen atoms in total. The molecular formula is C35H44N4O6. The van der Waals surface area contributed by atoms with Gasteiger partial charge >= 0.3 is 11.9 Å². The summed E-state index contributed by atoms with van der Waals surface area (Å²) in [6, 6.07) is 0. The molecule has 2 aliphatic rings. The first kappa shape index (κ1) is 33.3. The van der Waals surface area contributed by atoms with Gasteiger partial charge in [0.1, 0.15) is 0 Å². The van der Waals surface area contributed by atoms with Crippen molar-refractivity contribution in [2.24, 2.45) is 0 Å². The van der Waals surface area contributed by atoms with Gasteiger partial charge in [-0.25, -0.2) is 0 Å². The first-order valence-electron chi connectivity index (χ1n) is 15.5. The Bertz CT molecular complexity index is 1590. The third kappa shape index (κ3) is 6.60. The number of carboxylic acid groups (broad SMARTS) is 2. The summed E-state index contributed by atoms with van der Waals surface area (Å²) >= 11 is 0. The van der Waals surface area contributed by atoms with E-state index in [0.717, 1.165) is 67.6 Å². The molecule has 2 amide bonds. The summed E-state index contributed by atoms with van der Waals surface area (Å²) in [5.74, 6) is -2.69. The van der Waals surface area contributed by atoms with Gasteiger partial charge in [0.15, 0.2) is 0 Å². The molecule has 240 valence electrons. The summed E-state index contributed by atoms with van der Waals surface area (Å²) in [4.78, 5) is 55.5. The highest BCUT2D eigenvalue weighted by Crippen LogP contribution is 2.37. The van der Waals surface area contributed by atoms with Crippen LogP contribution in [0.4, 0.5) is 0 Å². The predicted octanol–water partition coefficient (Wildman–Crippen LogP) is 6.10. The molecule has 4 rings (SSSR count). The number of carboxylic acids is 2. The van der Waals surface area contributed by atoms with E-state index in [1.54, 1.807) is 13.8 Å². The molecule has 6 N–H and O–H groups in total. The Balaban J connectivity index is 1.87. The number of allylic oxidation sites excluding steroid dienone is 2. The average molecular weight is 617 g/mol. The van der Waals surface area contributed by atoms with Crippen LogP contribution >= 0.6 is 0 Å². The molecule has 2 aliphatic heterocycles. The van der Waals surface area contributed by atoms with E-state index in [1.807, 2.05) is 53.7 Å². The van der Waals surface area contributed by atoms with Crippen LogP contribution in [0.3, 0.4) is 0 Å². The van der Waals surface area contributed by atoms with Crippen molar-refractivity contribution in [2.45, 2.75) is 99.3 Å². The molecule has 2 unspecified atom stereocenters. The van der Waals surface area contributed by atoms with Crippen LogP contribution in [0.2, 0.25) is 0 Å². The number of aromatic amines is 2. The number of H-pyrrole nitrogens is 2. The minimum atomic E-state index is -0.905. The Morgan fingerprint density at radius 3 is 1.36 bits per heavy atom. The van der Waals surface area contributed by atoms with Gasteiger partial charge in [-0.3, -0.25) is 19.2 Å². The maximum Gasteiger partial charge on any atom is 0.303 e. The van der Waals surface area contributed by atoms with Crippen molar-refractivity contribution in [1.29, 1.82) is 0 Å². The van der Waals surface area contributed by atoms with Crippen LogP contribution in [0.15, 0.2) is 33.7 Å². The minimum Gasteiger partial charge on any atom is -0.481 e. The van der Waals surface area contributed by atoms with Gasteiger partial charge in [0, 0.05) is 51.7 Å². The molecule has 2 aromatic rings. The third-order valence-electron chi connectivity index (χ3n) is 9.16. The molecule has 0 aliphatic carbocycles. The van der Waals surface area contributed by atoms with Gasteiger partial charge in [-0.05, 0) is 97.9 Å². The number of aromatic nitrogens is 2. The van der Waals surface area contributed by atoms with Crippen molar-refractivity contribution in [1.82, 2.24) is 20.6 Å². The van der Waals surface area contributed by atoms with Crippen LogP contribution in [-0.4, -0.2) is 43.9 Å². The molecule has 2 atom stereocenters. The number of amides is 2. The fourth-order valence-electron chi connectivity index (χ4n) is 6.90. The number of carbonyl (C=O) groups is 4. The largest absolute Gasteiger partial charge is 0.481 e. The molecule has 45 heavy (non-hydrogen) atoms. The summed E-state index contributed by atoms with van der Waals surface area (Å²) in [6.07, 6.45) is 5.44. The Morgan fingerprint density at radius 2 is 1.04 bits per heavy atom. The van der Waals surface area contributed by atoms with Crippen molar-refractivity contribution in [3.63, 3.8) is 0 Å². The lowest BCUT2D eigenvalue weighted by Crippen LogP contribution is -2.15. The molecule has 4 heterocycles. The van der Waals surface area contributed by atoms with Crippen molar-refractivity contribution in [2.75, 3.05) is 0 Å². The van der Waals surface area contributed by atoms with E-state index in [9.17, 15) is 29.4 Å². The van der Waals surface area contributed by atoms with Crippen molar-refractivity contribution < 1.29 is 29.4 Å². The molecule has 10 heteroatoms. The average Bonchev–Trinajstić information content (AvgIpc) is 3.60. The number of carbonyl (C=O) groups excluding carboxylic acids is 2. The normalized spacial score (nSPS) is 18.3. The number of rotatable bonds is 12. The monoisotopic (exact) mass is 616 g/mol.